The van der Waals surface area contributed by atoms with E-state index in [0.29, 0.717) is 6.61 Å². The Morgan fingerprint density at radius 3 is 2.50 bits per heavy atom. The Bertz CT molecular complexity index is 448. The summed E-state index contributed by atoms with van der Waals surface area (Å²) in [6, 6.07) is 9.80. The molecule has 1 aromatic carbocycles. The first-order valence-corrected chi connectivity index (χ1v) is 9.41. The van der Waals surface area contributed by atoms with Gasteiger partial charge in [0.05, 0.1) is 0 Å². The highest BCUT2D eigenvalue weighted by molar-refractivity contribution is 7.99. The van der Waals surface area contributed by atoms with Crippen molar-refractivity contribution in [3.63, 3.8) is 0 Å². The third-order valence-electron chi connectivity index (χ3n) is 3.94. The SMILES string of the molecule is O=C(/C=C/c1ccccc1)OCCSC1CCCCCCC1. The quantitative estimate of drug-likeness (QED) is 0.415. The Kier molecular flexibility index (Phi) is 8.18. The van der Waals surface area contributed by atoms with Crippen molar-refractivity contribution in [1.29, 1.82) is 0 Å². The monoisotopic (exact) mass is 318 g/mol. The average Bonchev–Trinajstić information content (AvgIpc) is 2.52. The summed E-state index contributed by atoms with van der Waals surface area (Å²) in [5.41, 5.74) is 1.02. The second kappa shape index (κ2) is 10.5. The minimum atomic E-state index is -0.248. The third-order valence-corrected chi connectivity index (χ3v) is 5.29. The van der Waals surface area contributed by atoms with Crippen LogP contribution >= 0.6 is 11.8 Å². The molecule has 1 aliphatic rings. The normalized spacial score (nSPS) is 17.1. The fourth-order valence-electron chi connectivity index (χ4n) is 2.72. The number of ether oxygens (including phenoxy) is 1. The van der Waals surface area contributed by atoms with Crippen LogP contribution in [0, 0.1) is 0 Å². The van der Waals surface area contributed by atoms with Crippen LogP contribution in [0.3, 0.4) is 0 Å². The van der Waals surface area contributed by atoms with Crippen LogP contribution in [0.2, 0.25) is 0 Å². The van der Waals surface area contributed by atoms with E-state index in [1.807, 2.05) is 42.1 Å². The van der Waals surface area contributed by atoms with Crippen molar-refractivity contribution in [1.82, 2.24) is 0 Å². The molecule has 0 amide bonds. The Morgan fingerprint density at radius 1 is 1.09 bits per heavy atom. The lowest BCUT2D eigenvalue weighted by Crippen LogP contribution is -2.10. The van der Waals surface area contributed by atoms with Gasteiger partial charge in [-0.05, 0) is 24.5 Å². The van der Waals surface area contributed by atoms with E-state index in [9.17, 15) is 4.79 Å². The van der Waals surface area contributed by atoms with Crippen LogP contribution in [0.5, 0.6) is 0 Å². The Morgan fingerprint density at radius 2 is 1.77 bits per heavy atom. The van der Waals surface area contributed by atoms with Gasteiger partial charge < -0.3 is 4.74 Å². The number of hydrogen-bond acceptors (Lipinski definition) is 3. The number of carbonyl (C=O) groups is 1. The van der Waals surface area contributed by atoms with Crippen LogP contribution in [-0.2, 0) is 9.53 Å². The molecule has 0 bridgehead atoms. The topological polar surface area (TPSA) is 26.3 Å². The van der Waals surface area contributed by atoms with Crippen molar-refractivity contribution in [2.45, 2.75) is 50.2 Å². The minimum Gasteiger partial charge on any atom is -0.462 e. The Balaban J connectivity index is 1.59. The fourth-order valence-corrected chi connectivity index (χ4v) is 3.90. The zero-order valence-electron chi connectivity index (χ0n) is 13.2. The van der Waals surface area contributed by atoms with E-state index >= 15 is 0 Å². The number of rotatable bonds is 6. The van der Waals surface area contributed by atoms with Crippen LogP contribution in [0.4, 0.5) is 0 Å². The summed E-state index contributed by atoms with van der Waals surface area (Å²) in [7, 11) is 0. The molecule has 2 rings (SSSR count). The number of thioether (sulfide) groups is 1. The van der Waals surface area contributed by atoms with Gasteiger partial charge in [-0.2, -0.15) is 11.8 Å². The number of esters is 1. The maximum absolute atomic E-state index is 11.6. The molecule has 1 saturated carbocycles. The van der Waals surface area contributed by atoms with Crippen molar-refractivity contribution >= 4 is 23.8 Å². The van der Waals surface area contributed by atoms with Crippen molar-refractivity contribution in [2.75, 3.05) is 12.4 Å². The molecule has 3 heteroatoms. The smallest absolute Gasteiger partial charge is 0.330 e. The molecule has 0 atom stereocenters. The number of benzene rings is 1. The summed E-state index contributed by atoms with van der Waals surface area (Å²) in [5.74, 6) is 0.664. The standard InChI is InChI=1S/C19H26O2S/c20-19(14-13-17-9-5-4-6-10-17)21-15-16-22-18-11-7-2-1-3-8-12-18/h4-6,9-10,13-14,18H,1-3,7-8,11-12,15-16H2/b14-13+. The summed E-state index contributed by atoms with van der Waals surface area (Å²) in [4.78, 5) is 11.6. The first-order chi connectivity index (χ1) is 10.8. The molecule has 120 valence electrons. The Labute approximate surface area is 138 Å². The molecule has 0 radical (unpaired) electrons. The summed E-state index contributed by atoms with van der Waals surface area (Å²) in [6.45, 7) is 0.513. The maximum atomic E-state index is 11.6. The lowest BCUT2D eigenvalue weighted by atomic mass is 10.0. The third kappa shape index (κ3) is 7.17. The van der Waals surface area contributed by atoms with E-state index in [1.165, 1.54) is 51.0 Å². The molecule has 2 nitrogen and oxygen atoms in total. The molecule has 0 N–H and O–H groups in total. The zero-order valence-corrected chi connectivity index (χ0v) is 14.0. The van der Waals surface area contributed by atoms with Crippen LogP contribution in [0.25, 0.3) is 6.08 Å². The molecule has 0 aliphatic heterocycles. The first-order valence-electron chi connectivity index (χ1n) is 8.36. The second-order valence-corrected chi connectivity index (χ2v) is 7.16. The number of hydrogen-bond donors (Lipinski definition) is 0. The van der Waals surface area contributed by atoms with E-state index in [4.69, 9.17) is 4.74 Å². The molecular weight excluding hydrogens is 292 g/mol. The van der Waals surface area contributed by atoms with Crippen molar-refractivity contribution in [3.05, 3.63) is 42.0 Å². The summed E-state index contributed by atoms with van der Waals surface area (Å²) in [5, 5.41) is 0.763. The highest BCUT2D eigenvalue weighted by Crippen LogP contribution is 2.26. The predicted molar refractivity (Wildman–Crippen MR) is 95.0 cm³/mol. The molecule has 0 saturated heterocycles. The Hall–Kier alpha value is -1.22. The number of carbonyl (C=O) groups excluding carboxylic acids is 1. The first kappa shape index (κ1) is 17.1. The van der Waals surface area contributed by atoms with Gasteiger partial charge in [-0.25, -0.2) is 4.79 Å². The summed E-state index contributed by atoms with van der Waals surface area (Å²) < 4.78 is 5.26. The minimum absolute atomic E-state index is 0.248. The largest absolute Gasteiger partial charge is 0.462 e. The molecule has 1 aliphatic carbocycles. The molecule has 0 unspecified atom stereocenters. The fraction of sp³-hybridized carbons (Fsp3) is 0.526. The van der Waals surface area contributed by atoms with Crippen LogP contribution in [0.1, 0.15) is 50.5 Å². The van der Waals surface area contributed by atoms with Gasteiger partial charge in [0, 0.05) is 17.1 Å². The zero-order chi connectivity index (χ0) is 15.5. The van der Waals surface area contributed by atoms with E-state index < -0.39 is 0 Å². The highest BCUT2D eigenvalue weighted by atomic mass is 32.2. The second-order valence-electron chi connectivity index (χ2n) is 5.75. The van der Waals surface area contributed by atoms with Crippen LogP contribution in [-0.4, -0.2) is 23.6 Å². The van der Waals surface area contributed by atoms with E-state index in [1.54, 1.807) is 6.08 Å². The lowest BCUT2D eigenvalue weighted by Gasteiger charge is -2.18. The van der Waals surface area contributed by atoms with Gasteiger partial charge in [0.25, 0.3) is 0 Å². The molecule has 0 aromatic heterocycles. The van der Waals surface area contributed by atoms with Gasteiger partial charge in [-0.1, -0.05) is 62.4 Å². The van der Waals surface area contributed by atoms with Crippen LogP contribution in [0.15, 0.2) is 36.4 Å². The molecule has 0 spiro atoms. The predicted octanol–water partition coefficient (Wildman–Crippen LogP) is 5.09. The van der Waals surface area contributed by atoms with Crippen molar-refractivity contribution < 1.29 is 9.53 Å². The maximum Gasteiger partial charge on any atom is 0.330 e. The van der Waals surface area contributed by atoms with Gasteiger partial charge in [0.15, 0.2) is 0 Å². The molecular formula is C19H26O2S. The molecule has 1 fully saturated rings. The summed E-state index contributed by atoms with van der Waals surface area (Å²) in [6.07, 6.45) is 12.9. The van der Waals surface area contributed by atoms with E-state index in [0.717, 1.165) is 16.6 Å². The van der Waals surface area contributed by atoms with Crippen molar-refractivity contribution in [3.8, 4) is 0 Å². The van der Waals surface area contributed by atoms with E-state index in [2.05, 4.69) is 0 Å². The van der Waals surface area contributed by atoms with Gasteiger partial charge in [-0.15, -0.1) is 0 Å². The van der Waals surface area contributed by atoms with Gasteiger partial charge in [0.2, 0.25) is 0 Å². The highest BCUT2D eigenvalue weighted by Gasteiger charge is 2.11. The van der Waals surface area contributed by atoms with Gasteiger partial charge >= 0.3 is 5.97 Å². The summed E-state index contributed by atoms with van der Waals surface area (Å²) >= 11 is 1.98. The van der Waals surface area contributed by atoms with Gasteiger partial charge in [0.1, 0.15) is 6.61 Å². The average molecular weight is 318 g/mol. The van der Waals surface area contributed by atoms with E-state index in [-0.39, 0.29) is 5.97 Å². The lowest BCUT2D eigenvalue weighted by molar-refractivity contribution is -0.137. The van der Waals surface area contributed by atoms with Gasteiger partial charge in [-0.3, -0.25) is 0 Å². The molecule has 22 heavy (non-hydrogen) atoms. The van der Waals surface area contributed by atoms with Crippen LogP contribution < -0.4 is 0 Å². The molecule has 1 aromatic rings. The molecule has 0 heterocycles. The van der Waals surface area contributed by atoms with Crippen molar-refractivity contribution in [2.24, 2.45) is 0 Å².